The monoisotopic (exact) mass is 232 g/mol. The van der Waals surface area contributed by atoms with Gasteiger partial charge in [0, 0.05) is 11.1 Å². The fraction of sp³-hybridized carbons (Fsp3) is 0.200. The van der Waals surface area contributed by atoms with Gasteiger partial charge in [-0.15, -0.1) is 16.4 Å². The van der Waals surface area contributed by atoms with E-state index in [1.54, 1.807) is 0 Å². The van der Waals surface area contributed by atoms with Crippen LogP contribution < -0.4 is 5.56 Å². The molecule has 3 aromatic rings. The number of aromatic amines is 1. The number of rotatable bonds is 0. The summed E-state index contributed by atoms with van der Waals surface area (Å²) in [5.74, 6) is 0. The van der Waals surface area contributed by atoms with Gasteiger partial charge in [-0.1, -0.05) is 5.21 Å². The molecule has 0 aliphatic carbocycles. The Kier molecular flexibility index (Phi) is 1.81. The first kappa shape index (κ1) is 9.41. The highest BCUT2D eigenvalue weighted by Gasteiger charge is 2.13. The molecule has 0 saturated heterocycles. The summed E-state index contributed by atoms with van der Waals surface area (Å²) in [6, 6.07) is 1.98. The lowest BCUT2D eigenvalue weighted by Crippen LogP contribution is -2.07. The molecule has 0 fully saturated rings. The maximum atomic E-state index is 11.6. The summed E-state index contributed by atoms with van der Waals surface area (Å²) in [5.41, 5.74) is 2.47. The van der Waals surface area contributed by atoms with Crippen LogP contribution in [0.1, 0.15) is 11.3 Å². The number of H-pyrrole nitrogens is 1. The molecule has 16 heavy (non-hydrogen) atoms. The van der Waals surface area contributed by atoms with Crippen molar-refractivity contribution in [2.45, 2.75) is 13.8 Å². The predicted molar refractivity (Wildman–Crippen MR) is 62.8 cm³/mol. The Labute approximate surface area is 94.1 Å². The largest absolute Gasteiger partial charge is 0.285 e. The lowest BCUT2D eigenvalue weighted by molar-refractivity contribution is 0.876. The zero-order chi connectivity index (χ0) is 11.3. The van der Waals surface area contributed by atoms with E-state index in [1.807, 2.05) is 19.9 Å². The zero-order valence-electron chi connectivity index (χ0n) is 8.74. The fourth-order valence-corrected chi connectivity index (χ4v) is 2.96. The van der Waals surface area contributed by atoms with E-state index < -0.39 is 0 Å². The molecule has 0 aliphatic rings. The van der Waals surface area contributed by atoms with Crippen molar-refractivity contribution in [2.24, 2.45) is 0 Å². The van der Waals surface area contributed by atoms with Crippen molar-refractivity contribution in [3.63, 3.8) is 0 Å². The highest BCUT2D eigenvalue weighted by Crippen LogP contribution is 2.30. The summed E-state index contributed by atoms with van der Waals surface area (Å²) in [4.78, 5) is 16.8. The second kappa shape index (κ2) is 3.08. The number of fused-ring (bicyclic) bond motifs is 3. The van der Waals surface area contributed by atoms with E-state index >= 15 is 0 Å². The average Bonchev–Trinajstić information content (AvgIpc) is 2.57. The highest BCUT2D eigenvalue weighted by molar-refractivity contribution is 7.25. The van der Waals surface area contributed by atoms with E-state index in [0.29, 0.717) is 10.2 Å². The van der Waals surface area contributed by atoms with Crippen molar-refractivity contribution in [3.8, 4) is 0 Å². The number of hydrogen-bond acceptors (Lipinski definition) is 5. The van der Waals surface area contributed by atoms with Crippen LogP contribution >= 0.6 is 11.3 Å². The molecule has 0 unspecified atom stereocenters. The lowest BCUT2D eigenvalue weighted by Gasteiger charge is -1.97. The quantitative estimate of drug-likeness (QED) is 0.638. The van der Waals surface area contributed by atoms with E-state index in [2.05, 4.69) is 20.4 Å². The van der Waals surface area contributed by atoms with Gasteiger partial charge in [0.25, 0.3) is 5.56 Å². The molecular weight excluding hydrogens is 224 g/mol. The standard InChI is InChI=1S/C10H8N4OS/c1-4-3-5(2)11-10-6(4)7-8(16-10)9(15)13-14-12-7/h3H,1-2H3,(H,12,13,15). The van der Waals surface area contributed by atoms with E-state index in [9.17, 15) is 4.79 Å². The Balaban J connectivity index is 2.67. The second-order valence-electron chi connectivity index (χ2n) is 3.68. The van der Waals surface area contributed by atoms with Crippen LogP contribution in [-0.2, 0) is 0 Å². The van der Waals surface area contributed by atoms with Crippen molar-refractivity contribution in [2.75, 3.05) is 0 Å². The molecule has 0 radical (unpaired) electrons. The first-order valence-corrected chi connectivity index (χ1v) is 5.60. The van der Waals surface area contributed by atoms with Crippen LogP contribution in [0.2, 0.25) is 0 Å². The molecule has 0 saturated carbocycles. The molecule has 1 N–H and O–H groups in total. The zero-order valence-corrected chi connectivity index (χ0v) is 9.55. The molecule has 0 spiro atoms. The lowest BCUT2D eigenvalue weighted by atomic mass is 10.1. The molecule has 3 aromatic heterocycles. The Morgan fingerprint density at radius 1 is 1.38 bits per heavy atom. The SMILES string of the molecule is Cc1cc(C)c2c(n1)sc1c(=O)[nH]nnc12. The molecule has 80 valence electrons. The summed E-state index contributed by atoms with van der Waals surface area (Å²) in [5, 5.41) is 10.8. The number of hydrogen-bond donors (Lipinski definition) is 1. The first-order valence-electron chi connectivity index (χ1n) is 4.78. The third kappa shape index (κ3) is 1.16. The molecule has 0 bridgehead atoms. The molecule has 5 nitrogen and oxygen atoms in total. The molecule has 3 rings (SSSR count). The second-order valence-corrected chi connectivity index (χ2v) is 4.68. The van der Waals surface area contributed by atoms with Crippen LogP contribution in [0.5, 0.6) is 0 Å². The average molecular weight is 232 g/mol. The summed E-state index contributed by atoms with van der Waals surface area (Å²) in [6.45, 7) is 3.93. The van der Waals surface area contributed by atoms with Gasteiger partial charge in [-0.25, -0.2) is 10.1 Å². The topological polar surface area (TPSA) is 71.5 Å². The molecule has 0 amide bonds. The number of nitrogens with zero attached hydrogens (tertiary/aromatic N) is 3. The van der Waals surface area contributed by atoms with E-state index in [1.165, 1.54) is 11.3 Å². The van der Waals surface area contributed by atoms with Gasteiger partial charge < -0.3 is 0 Å². The van der Waals surface area contributed by atoms with E-state index in [-0.39, 0.29) is 5.56 Å². The Morgan fingerprint density at radius 2 is 2.19 bits per heavy atom. The molecular formula is C10H8N4OS. The van der Waals surface area contributed by atoms with E-state index in [4.69, 9.17) is 0 Å². The van der Waals surface area contributed by atoms with Gasteiger partial charge in [-0.3, -0.25) is 4.79 Å². The van der Waals surface area contributed by atoms with Crippen LogP contribution in [-0.4, -0.2) is 20.4 Å². The van der Waals surface area contributed by atoms with Gasteiger partial charge >= 0.3 is 0 Å². The molecule has 3 heterocycles. The van der Waals surface area contributed by atoms with Crippen LogP contribution in [0, 0.1) is 13.8 Å². The molecule has 0 aliphatic heterocycles. The van der Waals surface area contributed by atoms with Gasteiger partial charge in [0.05, 0.1) is 0 Å². The number of aromatic nitrogens is 4. The van der Waals surface area contributed by atoms with Crippen molar-refractivity contribution >= 4 is 31.8 Å². The number of nitrogens with one attached hydrogen (secondary N) is 1. The van der Waals surface area contributed by atoms with Gasteiger partial charge in [-0.05, 0) is 25.5 Å². The minimum Gasteiger partial charge on any atom is -0.266 e. The number of aryl methyl sites for hydroxylation is 2. The minimum absolute atomic E-state index is 0.204. The van der Waals surface area contributed by atoms with E-state index in [0.717, 1.165) is 21.5 Å². The van der Waals surface area contributed by atoms with Crippen LogP contribution in [0.4, 0.5) is 0 Å². The summed E-state index contributed by atoms with van der Waals surface area (Å²) in [7, 11) is 0. The van der Waals surface area contributed by atoms with Gasteiger partial charge in [0.15, 0.2) is 0 Å². The Hall–Kier alpha value is -1.82. The van der Waals surface area contributed by atoms with Crippen molar-refractivity contribution < 1.29 is 0 Å². The fourth-order valence-electron chi connectivity index (χ4n) is 1.84. The summed E-state index contributed by atoms with van der Waals surface area (Å²) >= 11 is 1.36. The van der Waals surface area contributed by atoms with Crippen LogP contribution in [0.3, 0.4) is 0 Å². The normalized spacial score (nSPS) is 11.4. The number of thiophene rings is 1. The number of pyridine rings is 1. The predicted octanol–water partition coefficient (Wildman–Crippen LogP) is 1.54. The summed E-state index contributed by atoms with van der Waals surface area (Å²) in [6.07, 6.45) is 0. The molecule has 0 aromatic carbocycles. The molecule has 0 atom stereocenters. The van der Waals surface area contributed by atoms with Crippen LogP contribution in [0.15, 0.2) is 10.9 Å². The molecule has 6 heteroatoms. The van der Waals surface area contributed by atoms with Crippen LogP contribution in [0.25, 0.3) is 20.4 Å². The third-order valence-corrected chi connectivity index (χ3v) is 3.54. The minimum atomic E-state index is -0.204. The van der Waals surface area contributed by atoms with Crippen molar-refractivity contribution in [3.05, 3.63) is 27.7 Å². The smallest absolute Gasteiger partial charge is 0.266 e. The maximum Gasteiger partial charge on any atom is 0.285 e. The van der Waals surface area contributed by atoms with Crippen molar-refractivity contribution in [1.29, 1.82) is 0 Å². The first-order chi connectivity index (χ1) is 7.66. The van der Waals surface area contributed by atoms with Crippen molar-refractivity contribution in [1.82, 2.24) is 20.4 Å². The van der Waals surface area contributed by atoms with Gasteiger partial charge in [0.1, 0.15) is 15.0 Å². The maximum absolute atomic E-state index is 11.6. The van der Waals surface area contributed by atoms with Gasteiger partial charge in [-0.2, -0.15) is 0 Å². The Morgan fingerprint density at radius 3 is 3.00 bits per heavy atom. The third-order valence-electron chi connectivity index (χ3n) is 2.47. The Bertz CT molecular complexity index is 758. The van der Waals surface area contributed by atoms with Gasteiger partial charge in [0.2, 0.25) is 0 Å². The summed E-state index contributed by atoms with van der Waals surface area (Å²) < 4.78 is 0.589. The highest BCUT2D eigenvalue weighted by atomic mass is 32.1.